The number of nitrogens with zero attached hydrogens (tertiary/aromatic N) is 2. The molecule has 0 aliphatic rings. The van der Waals surface area contributed by atoms with E-state index in [0.717, 1.165) is 22.3 Å². The Morgan fingerprint density at radius 3 is 0.929 bits per heavy atom. The van der Waals surface area contributed by atoms with E-state index in [2.05, 4.69) is 0 Å². The maximum Gasteiger partial charge on any atom is 0.349 e. The van der Waals surface area contributed by atoms with Gasteiger partial charge in [-0.1, -0.05) is 121 Å². The van der Waals surface area contributed by atoms with E-state index < -0.39 is 11.9 Å². The minimum absolute atomic E-state index is 0.0225. The highest BCUT2D eigenvalue weighted by Gasteiger charge is 2.20. The van der Waals surface area contributed by atoms with Crippen molar-refractivity contribution in [2.45, 2.75) is 13.8 Å². The van der Waals surface area contributed by atoms with Crippen LogP contribution in [0.2, 0.25) is 0 Å². The van der Waals surface area contributed by atoms with Gasteiger partial charge in [-0.25, -0.2) is 9.59 Å². The third-order valence-electron chi connectivity index (χ3n) is 5.93. The van der Waals surface area contributed by atoms with Gasteiger partial charge in [0.15, 0.2) is 0 Å². The third kappa shape index (κ3) is 8.14. The summed E-state index contributed by atoms with van der Waals surface area (Å²) < 4.78 is 10.00. The molecule has 0 aliphatic heterocycles. The Morgan fingerprint density at radius 1 is 0.500 bits per heavy atom. The van der Waals surface area contributed by atoms with Crippen molar-refractivity contribution in [3.8, 4) is 12.1 Å². The van der Waals surface area contributed by atoms with Crippen LogP contribution in [0.5, 0.6) is 0 Å². The van der Waals surface area contributed by atoms with Gasteiger partial charge in [0.2, 0.25) is 0 Å². The third-order valence-corrected chi connectivity index (χ3v) is 5.93. The summed E-state index contributed by atoms with van der Waals surface area (Å²) in [6.45, 7) is 3.91. The minimum atomic E-state index is -0.595. The SMILES string of the molecule is CCOC(=O)C(C#N)=C(c1ccccc1)c1ccccc1.CCOC(=O)C(C#N)=C(c1ccccc1)c1ccccc1. The van der Waals surface area contributed by atoms with E-state index in [-0.39, 0.29) is 24.4 Å². The van der Waals surface area contributed by atoms with E-state index in [1.807, 2.05) is 133 Å². The molecule has 0 aliphatic carbocycles. The van der Waals surface area contributed by atoms with Crippen LogP contribution in [0.25, 0.3) is 11.1 Å². The van der Waals surface area contributed by atoms with Gasteiger partial charge in [0.1, 0.15) is 23.3 Å². The lowest BCUT2D eigenvalue weighted by Gasteiger charge is -2.11. The van der Waals surface area contributed by atoms with Crippen molar-refractivity contribution in [1.82, 2.24) is 0 Å². The Labute approximate surface area is 246 Å². The molecule has 0 bridgehead atoms. The molecular formula is C36H30N2O4. The van der Waals surface area contributed by atoms with Crippen LogP contribution in [-0.4, -0.2) is 25.2 Å². The van der Waals surface area contributed by atoms with Crippen LogP contribution in [0, 0.1) is 22.7 Å². The molecule has 0 atom stereocenters. The van der Waals surface area contributed by atoms with Crippen LogP contribution in [0.1, 0.15) is 36.1 Å². The van der Waals surface area contributed by atoms with Crippen molar-refractivity contribution in [3.63, 3.8) is 0 Å². The van der Waals surface area contributed by atoms with Crippen molar-refractivity contribution < 1.29 is 19.1 Å². The first kappa shape index (κ1) is 30.8. The molecule has 0 spiro atoms. The van der Waals surface area contributed by atoms with Crippen molar-refractivity contribution in [3.05, 3.63) is 155 Å². The molecule has 42 heavy (non-hydrogen) atoms. The lowest BCUT2D eigenvalue weighted by molar-refractivity contribution is -0.138. The summed E-state index contributed by atoms with van der Waals surface area (Å²) in [4.78, 5) is 24.1. The van der Waals surface area contributed by atoms with Crippen LogP contribution in [0.4, 0.5) is 0 Å². The molecule has 0 aromatic heterocycles. The van der Waals surface area contributed by atoms with E-state index in [1.165, 1.54) is 0 Å². The molecule has 4 rings (SSSR count). The Bertz CT molecular complexity index is 1410. The molecule has 0 fully saturated rings. The summed E-state index contributed by atoms with van der Waals surface area (Å²) in [7, 11) is 0. The molecule has 0 radical (unpaired) electrons. The number of carbonyl (C=O) groups is 2. The first-order chi connectivity index (χ1) is 20.5. The van der Waals surface area contributed by atoms with Crippen LogP contribution in [-0.2, 0) is 19.1 Å². The van der Waals surface area contributed by atoms with Gasteiger partial charge in [0.25, 0.3) is 0 Å². The van der Waals surface area contributed by atoms with Gasteiger partial charge in [-0.3, -0.25) is 0 Å². The lowest BCUT2D eigenvalue weighted by atomic mass is 9.93. The second-order valence-corrected chi connectivity index (χ2v) is 8.63. The highest BCUT2D eigenvalue weighted by molar-refractivity contribution is 6.06. The number of benzene rings is 4. The zero-order valence-electron chi connectivity index (χ0n) is 23.5. The van der Waals surface area contributed by atoms with Crippen molar-refractivity contribution >= 4 is 23.1 Å². The van der Waals surface area contributed by atoms with Gasteiger partial charge in [0, 0.05) is 11.1 Å². The fourth-order valence-electron chi connectivity index (χ4n) is 4.14. The van der Waals surface area contributed by atoms with E-state index in [1.54, 1.807) is 13.8 Å². The number of carbonyl (C=O) groups excluding carboxylic acids is 2. The Hall–Kier alpha value is -5.72. The van der Waals surface area contributed by atoms with Crippen LogP contribution in [0.3, 0.4) is 0 Å². The fourth-order valence-corrected chi connectivity index (χ4v) is 4.14. The molecule has 208 valence electrons. The maximum atomic E-state index is 12.1. The zero-order chi connectivity index (χ0) is 30.2. The van der Waals surface area contributed by atoms with E-state index >= 15 is 0 Å². The van der Waals surface area contributed by atoms with Gasteiger partial charge in [-0.15, -0.1) is 0 Å². The Balaban J connectivity index is 0.000000230. The monoisotopic (exact) mass is 554 g/mol. The number of nitriles is 2. The first-order valence-electron chi connectivity index (χ1n) is 13.4. The van der Waals surface area contributed by atoms with Crippen LogP contribution < -0.4 is 0 Å². The molecule has 0 N–H and O–H groups in total. The average molecular weight is 555 g/mol. The largest absolute Gasteiger partial charge is 0.462 e. The van der Waals surface area contributed by atoms with E-state index in [0.29, 0.717) is 11.1 Å². The van der Waals surface area contributed by atoms with Crippen molar-refractivity contribution in [1.29, 1.82) is 10.5 Å². The molecule has 0 saturated heterocycles. The van der Waals surface area contributed by atoms with Crippen LogP contribution >= 0.6 is 0 Å². The second-order valence-electron chi connectivity index (χ2n) is 8.63. The standard InChI is InChI=1S/2C18H15NO2/c2*1-2-21-18(20)16(13-19)17(14-9-5-3-6-10-14)15-11-7-4-8-12-15/h2*3-12H,2H2,1H3. The smallest absolute Gasteiger partial charge is 0.349 e. The van der Waals surface area contributed by atoms with Crippen LogP contribution in [0.15, 0.2) is 132 Å². The Morgan fingerprint density at radius 2 is 0.738 bits per heavy atom. The summed E-state index contributed by atoms with van der Waals surface area (Å²) in [5.74, 6) is -1.19. The predicted octanol–water partition coefficient (Wildman–Crippen LogP) is 7.15. The molecule has 4 aromatic carbocycles. The number of ether oxygens (including phenoxy) is 2. The first-order valence-corrected chi connectivity index (χ1v) is 13.4. The molecule has 6 heteroatoms. The van der Waals surface area contributed by atoms with Gasteiger partial charge in [-0.05, 0) is 36.1 Å². The predicted molar refractivity (Wildman–Crippen MR) is 162 cm³/mol. The molecule has 4 aromatic rings. The van der Waals surface area contributed by atoms with Crippen molar-refractivity contribution in [2.24, 2.45) is 0 Å². The zero-order valence-corrected chi connectivity index (χ0v) is 23.5. The molecular weight excluding hydrogens is 524 g/mol. The van der Waals surface area contributed by atoms with Gasteiger partial charge < -0.3 is 9.47 Å². The number of rotatable bonds is 8. The van der Waals surface area contributed by atoms with E-state index in [4.69, 9.17) is 9.47 Å². The highest BCUT2D eigenvalue weighted by Crippen LogP contribution is 2.28. The maximum absolute atomic E-state index is 12.1. The fraction of sp³-hybridized carbons (Fsp3) is 0.111. The second kappa shape index (κ2) is 16.4. The molecule has 0 saturated carbocycles. The quantitative estimate of drug-likeness (QED) is 0.130. The van der Waals surface area contributed by atoms with Crippen molar-refractivity contribution in [2.75, 3.05) is 13.2 Å². The molecule has 0 heterocycles. The van der Waals surface area contributed by atoms with Gasteiger partial charge in [0.05, 0.1) is 13.2 Å². The summed E-state index contributed by atoms with van der Waals surface area (Å²) in [5, 5.41) is 18.8. The van der Waals surface area contributed by atoms with E-state index in [9.17, 15) is 20.1 Å². The number of hydrogen-bond acceptors (Lipinski definition) is 6. The normalized spacial score (nSPS) is 9.52. The molecule has 6 nitrogen and oxygen atoms in total. The molecule has 0 amide bonds. The summed E-state index contributed by atoms with van der Waals surface area (Å²) in [5.41, 5.74) is 4.49. The Kier molecular flexibility index (Phi) is 12.0. The number of esters is 2. The highest BCUT2D eigenvalue weighted by atomic mass is 16.5. The topological polar surface area (TPSA) is 100 Å². The number of hydrogen-bond donors (Lipinski definition) is 0. The van der Waals surface area contributed by atoms with Gasteiger partial charge >= 0.3 is 11.9 Å². The summed E-state index contributed by atoms with van der Waals surface area (Å²) in [6.07, 6.45) is 0. The summed E-state index contributed by atoms with van der Waals surface area (Å²) >= 11 is 0. The molecule has 0 unspecified atom stereocenters. The summed E-state index contributed by atoms with van der Waals surface area (Å²) in [6, 6.07) is 41.5. The van der Waals surface area contributed by atoms with Gasteiger partial charge in [-0.2, -0.15) is 10.5 Å². The lowest BCUT2D eigenvalue weighted by Crippen LogP contribution is -2.09. The average Bonchev–Trinajstić information content (AvgIpc) is 3.04. The minimum Gasteiger partial charge on any atom is -0.462 e.